The van der Waals surface area contributed by atoms with Crippen molar-refractivity contribution in [3.8, 4) is 0 Å². The highest BCUT2D eigenvalue weighted by Crippen LogP contribution is 2.26. The first-order valence-electron chi connectivity index (χ1n) is 5.55. The van der Waals surface area contributed by atoms with Crippen molar-refractivity contribution in [1.82, 2.24) is 0 Å². The van der Waals surface area contributed by atoms with E-state index in [1.807, 2.05) is 26.0 Å². The van der Waals surface area contributed by atoms with E-state index in [0.29, 0.717) is 6.42 Å². The molecule has 0 fully saturated rings. The SMILES string of the molecule is Cc1ccc(C(O)Cc2cc(F)ccc2C)s1. The van der Waals surface area contributed by atoms with E-state index in [1.54, 1.807) is 17.4 Å². The summed E-state index contributed by atoms with van der Waals surface area (Å²) in [5.74, 6) is -0.250. The molecular weight excluding hydrogens is 235 g/mol. The third kappa shape index (κ3) is 2.93. The molecule has 1 aromatic heterocycles. The van der Waals surface area contributed by atoms with Crippen LogP contribution in [0.25, 0.3) is 0 Å². The summed E-state index contributed by atoms with van der Waals surface area (Å²) < 4.78 is 13.1. The van der Waals surface area contributed by atoms with Crippen LogP contribution in [0.5, 0.6) is 0 Å². The maximum Gasteiger partial charge on any atom is 0.123 e. The third-order valence-electron chi connectivity index (χ3n) is 2.81. The van der Waals surface area contributed by atoms with Crippen molar-refractivity contribution in [2.24, 2.45) is 0 Å². The van der Waals surface area contributed by atoms with E-state index in [9.17, 15) is 9.50 Å². The van der Waals surface area contributed by atoms with Gasteiger partial charge in [0.25, 0.3) is 0 Å². The highest BCUT2D eigenvalue weighted by molar-refractivity contribution is 7.12. The molecule has 1 N–H and O–H groups in total. The van der Waals surface area contributed by atoms with Gasteiger partial charge in [0.1, 0.15) is 5.82 Å². The number of aliphatic hydroxyl groups is 1. The van der Waals surface area contributed by atoms with Gasteiger partial charge >= 0.3 is 0 Å². The lowest BCUT2D eigenvalue weighted by Crippen LogP contribution is -2.01. The molecule has 2 rings (SSSR count). The fraction of sp³-hybridized carbons (Fsp3) is 0.286. The van der Waals surface area contributed by atoms with Crippen molar-refractivity contribution < 1.29 is 9.50 Å². The van der Waals surface area contributed by atoms with E-state index in [0.717, 1.165) is 16.0 Å². The highest BCUT2D eigenvalue weighted by atomic mass is 32.1. The van der Waals surface area contributed by atoms with Crippen LogP contribution in [0.2, 0.25) is 0 Å². The second kappa shape index (κ2) is 4.98. The minimum atomic E-state index is -0.547. The molecule has 0 saturated heterocycles. The molecule has 0 aliphatic rings. The summed E-state index contributed by atoms with van der Waals surface area (Å²) in [7, 11) is 0. The summed E-state index contributed by atoms with van der Waals surface area (Å²) in [5.41, 5.74) is 1.88. The van der Waals surface area contributed by atoms with E-state index in [4.69, 9.17) is 0 Å². The monoisotopic (exact) mass is 250 g/mol. The quantitative estimate of drug-likeness (QED) is 0.879. The summed E-state index contributed by atoms with van der Waals surface area (Å²) in [4.78, 5) is 2.11. The molecule has 1 nitrogen and oxygen atoms in total. The zero-order valence-electron chi connectivity index (χ0n) is 9.90. The van der Waals surface area contributed by atoms with Crippen LogP contribution >= 0.6 is 11.3 Å². The Morgan fingerprint density at radius 1 is 1.24 bits per heavy atom. The van der Waals surface area contributed by atoms with E-state index in [1.165, 1.54) is 17.0 Å². The number of thiophene rings is 1. The van der Waals surface area contributed by atoms with Gasteiger partial charge in [-0.1, -0.05) is 6.07 Å². The first-order valence-corrected chi connectivity index (χ1v) is 6.37. The fourth-order valence-corrected chi connectivity index (χ4v) is 2.66. The van der Waals surface area contributed by atoms with Crippen LogP contribution in [0.15, 0.2) is 30.3 Å². The predicted molar refractivity (Wildman–Crippen MR) is 68.9 cm³/mol. The normalized spacial score (nSPS) is 12.7. The van der Waals surface area contributed by atoms with Gasteiger partial charge in [0.15, 0.2) is 0 Å². The fourth-order valence-electron chi connectivity index (χ4n) is 1.80. The van der Waals surface area contributed by atoms with Gasteiger partial charge in [-0.25, -0.2) is 4.39 Å². The van der Waals surface area contributed by atoms with Gasteiger partial charge in [0, 0.05) is 16.2 Å². The largest absolute Gasteiger partial charge is 0.387 e. The van der Waals surface area contributed by atoms with Gasteiger partial charge in [-0.05, 0) is 49.2 Å². The van der Waals surface area contributed by atoms with E-state index >= 15 is 0 Å². The molecule has 0 spiro atoms. The van der Waals surface area contributed by atoms with Crippen LogP contribution in [0.1, 0.15) is 27.0 Å². The number of rotatable bonds is 3. The Kier molecular flexibility index (Phi) is 3.60. The van der Waals surface area contributed by atoms with E-state index in [2.05, 4.69) is 0 Å². The zero-order valence-corrected chi connectivity index (χ0v) is 10.7. The number of hydrogen-bond donors (Lipinski definition) is 1. The van der Waals surface area contributed by atoms with Crippen LogP contribution in [0.4, 0.5) is 4.39 Å². The number of aryl methyl sites for hydroxylation is 2. The summed E-state index contributed by atoms with van der Waals surface area (Å²) in [6, 6.07) is 8.61. The summed E-state index contributed by atoms with van der Waals surface area (Å²) in [6.07, 6.45) is -0.0852. The average Bonchev–Trinajstić information content (AvgIpc) is 2.70. The molecule has 0 aliphatic carbocycles. The second-order valence-electron chi connectivity index (χ2n) is 4.24. The summed E-state index contributed by atoms with van der Waals surface area (Å²) in [6.45, 7) is 3.94. The Bertz CT molecular complexity index is 519. The van der Waals surface area contributed by atoms with Crippen molar-refractivity contribution in [2.45, 2.75) is 26.4 Å². The average molecular weight is 250 g/mol. The van der Waals surface area contributed by atoms with E-state index in [-0.39, 0.29) is 5.82 Å². The molecule has 0 radical (unpaired) electrons. The standard InChI is InChI=1S/C14H15FOS/c1-9-3-5-12(15)7-11(9)8-13(16)14-6-4-10(2)17-14/h3-7,13,16H,8H2,1-2H3. The molecule has 0 saturated carbocycles. The molecule has 1 heterocycles. The topological polar surface area (TPSA) is 20.2 Å². The predicted octanol–water partition coefficient (Wildman–Crippen LogP) is 3.78. The van der Waals surface area contributed by atoms with Gasteiger partial charge in [-0.2, -0.15) is 0 Å². The minimum Gasteiger partial charge on any atom is -0.387 e. The lowest BCUT2D eigenvalue weighted by atomic mass is 10.0. The maximum atomic E-state index is 13.1. The molecule has 17 heavy (non-hydrogen) atoms. The molecule has 1 unspecified atom stereocenters. The summed E-state index contributed by atoms with van der Waals surface area (Å²) >= 11 is 1.58. The molecule has 0 amide bonds. The Labute approximate surface area is 105 Å². The molecule has 0 aliphatic heterocycles. The first-order chi connectivity index (χ1) is 8.06. The van der Waals surface area contributed by atoms with Crippen molar-refractivity contribution in [3.63, 3.8) is 0 Å². The van der Waals surface area contributed by atoms with Crippen LogP contribution in [-0.4, -0.2) is 5.11 Å². The molecule has 1 atom stereocenters. The zero-order chi connectivity index (χ0) is 12.4. The van der Waals surface area contributed by atoms with Crippen LogP contribution in [0, 0.1) is 19.7 Å². The molecule has 1 aromatic carbocycles. The minimum absolute atomic E-state index is 0.250. The van der Waals surface area contributed by atoms with Gasteiger partial charge in [-0.3, -0.25) is 0 Å². The smallest absolute Gasteiger partial charge is 0.123 e. The number of hydrogen-bond acceptors (Lipinski definition) is 2. The molecule has 0 bridgehead atoms. The number of halogens is 1. The summed E-state index contributed by atoms with van der Waals surface area (Å²) in [5, 5.41) is 10.1. The molecular formula is C14H15FOS. The molecule has 2 aromatic rings. The van der Waals surface area contributed by atoms with Gasteiger partial charge in [-0.15, -0.1) is 11.3 Å². The Morgan fingerprint density at radius 3 is 2.65 bits per heavy atom. The van der Waals surface area contributed by atoms with Crippen LogP contribution in [0.3, 0.4) is 0 Å². The third-order valence-corrected chi connectivity index (χ3v) is 3.92. The maximum absolute atomic E-state index is 13.1. The van der Waals surface area contributed by atoms with Crippen molar-refractivity contribution >= 4 is 11.3 Å². The van der Waals surface area contributed by atoms with Gasteiger partial charge < -0.3 is 5.11 Å². The Morgan fingerprint density at radius 2 is 2.00 bits per heavy atom. The Balaban J connectivity index is 2.18. The van der Waals surface area contributed by atoms with Gasteiger partial charge in [0.05, 0.1) is 6.10 Å². The van der Waals surface area contributed by atoms with E-state index < -0.39 is 6.10 Å². The van der Waals surface area contributed by atoms with Gasteiger partial charge in [0.2, 0.25) is 0 Å². The Hall–Kier alpha value is -1.19. The lowest BCUT2D eigenvalue weighted by Gasteiger charge is -2.11. The molecule has 3 heteroatoms. The number of benzene rings is 1. The highest BCUT2D eigenvalue weighted by Gasteiger charge is 2.12. The van der Waals surface area contributed by atoms with Crippen molar-refractivity contribution in [2.75, 3.05) is 0 Å². The second-order valence-corrected chi connectivity index (χ2v) is 5.56. The van der Waals surface area contributed by atoms with Crippen molar-refractivity contribution in [3.05, 3.63) is 57.0 Å². The van der Waals surface area contributed by atoms with Crippen LogP contribution < -0.4 is 0 Å². The van der Waals surface area contributed by atoms with Crippen molar-refractivity contribution in [1.29, 1.82) is 0 Å². The van der Waals surface area contributed by atoms with Crippen LogP contribution in [-0.2, 0) is 6.42 Å². The lowest BCUT2D eigenvalue weighted by molar-refractivity contribution is 0.182. The number of aliphatic hydroxyl groups excluding tert-OH is 1. The molecule has 90 valence electrons. The first kappa shape index (κ1) is 12.3.